The lowest BCUT2D eigenvalue weighted by Crippen LogP contribution is -2.30. The molecule has 2 aliphatic rings. The fraction of sp³-hybridized carbons (Fsp3) is 0.222. The van der Waals surface area contributed by atoms with Crippen LogP contribution in [0.15, 0.2) is 36.4 Å². The third kappa shape index (κ3) is 2.09. The van der Waals surface area contributed by atoms with Gasteiger partial charge in [0.1, 0.15) is 0 Å². The van der Waals surface area contributed by atoms with E-state index in [2.05, 4.69) is 16.4 Å². The van der Waals surface area contributed by atoms with Gasteiger partial charge in [0.05, 0.1) is 22.6 Å². The lowest BCUT2D eigenvalue weighted by Gasteiger charge is -2.24. The second kappa shape index (κ2) is 5.22. The minimum atomic E-state index is -0.365. The number of nitro groups is 1. The van der Waals surface area contributed by atoms with Gasteiger partial charge in [-0.25, -0.2) is 0 Å². The molecule has 7 heteroatoms. The monoisotopic (exact) mass is 337 g/mol. The SMILES string of the molecule is O=[N+]([O-])c1cc2c(cc1C1NCCc3c1[nH]c1ccccc31)OCO2. The summed E-state index contributed by atoms with van der Waals surface area (Å²) in [5.41, 5.74) is 3.86. The highest BCUT2D eigenvalue weighted by atomic mass is 16.7. The summed E-state index contributed by atoms with van der Waals surface area (Å²) in [7, 11) is 0. The zero-order chi connectivity index (χ0) is 17.0. The number of nitrogens with zero attached hydrogens (tertiary/aromatic N) is 1. The van der Waals surface area contributed by atoms with Gasteiger partial charge in [-0.15, -0.1) is 0 Å². The van der Waals surface area contributed by atoms with Crippen LogP contribution in [-0.2, 0) is 6.42 Å². The first kappa shape index (κ1) is 14.3. The van der Waals surface area contributed by atoms with Crippen LogP contribution in [-0.4, -0.2) is 23.2 Å². The number of hydrogen-bond donors (Lipinski definition) is 2. The van der Waals surface area contributed by atoms with Gasteiger partial charge in [-0.1, -0.05) is 18.2 Å². The van der Waals surface area contributed by atoms with Gasteiger partial charge < -0.3 is 19.8 Å². The first-order chi connectivity index (χ1) is 12.2. The van der Waals surface area contributed by atoms with E-state index in [0.717, 1.165) is 24.2 Å². The minimum absolute atomic E-state index is 0.0354. The molecule has 0 aliphatic carbocycles. The van der Waals surface area contributed by atoms with Crippen molar-refractivity contribution in [2.45, 2.75) is 12.5 Å². The summed E-state index contributed by atoms with van der Waals surface area (Å²) in [5.74, 6) is 0.966. The van der Waals surface area contributed by atoms with Gasteiger partial charge in [-0.05, 0) is 24.1 Å². The maximum Gasteiger partial charge on any atom is 0.278 e. The number of ether oxygens (including phenoxy) is 2. The van der Waals surface area contributed by atoms with Crippen molar-refractivity contribution in [1.82, 2.24) is 10.3 Å². The molecule has 3 heterocycles. The summed E-state index contributed by atoms with van der Waals surface area (Å²) in [5, 5.41) is 16.2. The molecule has 0 saturated heterocycles. The van der Waals surface area contributed by atoms with E-state index in [0.29, 0.717) is 17.1 Å². The summed E-state index contributed by atoms with van der Waals surface area (Å²) >= 11 is 0. The van der Waals surface area contributed by atoms with Gasteiger partial charge in [-0.3, -0.25) is 10.1 Å². The van der Waals surface area contributed by atoms with Gasteiger partial charge in [0.15, 0.2) is 11.5 Å². The van der Waals surface area contributed by atoms with Crippen molar-refractivity contribution in [2.75, 3.05) is 13.3 Å². The highest BCUT2D eigenvalue weighted by Gasteiger charge is 2.33. The van der Waals surface area contributed by atoms with Crippen molar-refractivity contribution < 1.29 is 14.4 Å². The van der Waals surface area contributed by atoms with Crippen molar-refractivity contribution >= 4 is 16.6 Å². The molecule has 1 unspecified atom stereocenters. The normalized spacial score (nSPS) is 18.3. The molecule has 0 spiro atoms. The molecule has 0 saturated carbocycles. The Kier molecular flexibility index (Phi) is 2.98. The average molecular weight is 337 g/mol. The lowest BCUT2D eigenvalue weighted by atomic mass is 9.93. The van der Waals surface area contributed by atoms with Gasteiger partial charge in [-0.2, -0.15) is 0 Å². The van der Waals surface area contributed by atoms with Crippen LogP contribution in [0.25, 0.3) is 10.9 Å². The first-order valence-electron chi connectivity index (χ1n) is 8.13. The predicted octanol–water partition coefficient (Wildman–Crippen LogP) is 3.04. The Bertz CT molecular complexity index is 1010. The molecular weight excluding hydrogens is 322 g/mol. The Morgan fingerprint density at radius 2 is 1.96 bits per heavy atom. The molecule has 5 rings (SSSR count). The number of nitrogens with one attached hydrogen (secondary N) is 2. The van der Waals surface area contributed by atoms with Crippen molar-refractivity contribution in [1.29, 1.82) is 0 Å². The van der Waals surface area contributed by atoms with Crippen LogP contribution < -0.4 is 14.8 Å². The number of aromatic nitrogens is 1. The third-order valence-electron chi connectivity index (χ3n) is 4.89. The summed E-state index contributed by atoms with van der Waals surface area (Å²) < 4.78 is 10.7. The van der Waals surface area contributed by atoms with E-state index in [-0.39, 0.29) is 23.4 Å². The Labute approximate surface area is 142 Å². The van der Waals surface area contributed by atoms with Crippen LogP contribution in [0.5, 0.6) is 11.5 Å². The highest BCUT2D eigenvalue weighted by Crippen LogP contribution is 2.43. The maximum atomic E-state index is 11.6. The molecule has 25 heavy (non-hydrogen) atoms. The van der Waals surface area contributed by atoms with Gasteiger partial charge in [0.2, 0.25) is 6.79 Å². The Balaban J connectivity index is 1.72. The van der Waals surface area contributed by atoms with Crippen molar-refractivity contribution in [3.63, 3.8) is 0 Å². The number of hydrogen-bond acceptors (Lipinski definition) is 5. The number of nitro benzene ring substituents is 1. The molecule has 0 radical (unpaired) electrons. The second-order valence-electron chi connectivity index (χ2n) is 6.22. The van der Waals surface area contributed by atoms with E-state index in [1.54, 1.807) is 6.07 Å². The number of para-hydroxylation sites is 1. The van der Waals surface area contributed by atoms with Gasteiger partial charge in [0, 0.05) is 23.1 Å². The van der Waals surface area contributed by atoms with E-state index >= 15 is 0 Å². The standard InChI is InChI=1S/C18H15N3O4/c22-21(23)14-8-16-15(24-9-25-16)7-12(14)17-18-11(5-6-19-17)10-3-1-2-4-13(10)20-18/h1-4,7-8,17,19-20H,5-6,9H2. The minimum Gasteiger partial charge on any atom is -0.454 e. The fourth-order valence-corrected chi connectivity index (χ4v) is 3.78. The van der Waals surface area contributed by atoms with Crippen molar-refractivity contribution in [3.05, 3.63) is 63.3 Å². The van der Waals surface area contributed by atoms with Crippen LogP contribution in [0.4, 0.5) is 5.69 Å². The van der Waals surface area contributed by atoms with E-state index in [1.165, 1.54) is 17.0 Å². The summed E-state index contributed by atoms with van der Waals surface area (Å²) in [4.78, 5) is 14.7. The van der Waals surface area contributed by atoms with E-state index in [1.807, 2.05) is 18.2 Å². The van der Waals surface area contributed by atoms with Gasteiger partial charge >= 0.3 is 0 Å². The molecule has 1 aromatic heterocycles. The molecule has 0 bridgehead atoms. The number of rotatable bonds is 2. The van der Waals surface area contributed by atoms with Crippen molar-refractivity contribution in [2.24, 2.45) is 0 Å². The van der Waals surface area contributed by atoms with E-state index in [4.69, 9.17) is 9.47 Å². The lowest BCUT2D eigenvalue weighted by molar-refractivity contribution is -0.385. The summed E-state index contributed by atoms with van der Waals surface area (Å²) in [6.45, 7) is 0.844. The molecule has 2 aliphatic heterocycles. The molecule has 1 atom stereocenters. The molecule has 0 fully saturated rings. The Morgan fingerprint density at radius 1 is 1.16 bits per heavy atom. The topological polar surface area (TPSA) is 89.4 Å². The van der Waals surface area contributed by atoms with E-state index in [9.17, 15) is 10.1 Å². The van der Waals surface area contributed by atoms with Crippen LogP contribution >= 0.6 is 0 Å². The average Bonchev–Trinajstić information content (AvgIpc) is 3.24. The molecule has 2 aromatic carbocycles. The van der Waals surface area contributed by atoms with Crippen molar-refractivity contribution in [3.8, 4) is 11.5 Å². The number of H-pyrrole nitrogens is 1. The highest BCUT2D eigenvalue weighted by molar-refractivity contribution is 5.85. The smallest absolute Gasteiger partial charge is 0.278 e. The van der Waals surface area contributed by atoms with Crippen LogP contribution in [0.3, 0.4) is 0 Å². The zero-order valence-electron chi connectivity index (χ0n) is 13.2. The van der Waals surface area contributed by atoms with Crippen LogP contribution in [0.1, 0.15) is 22.9 Å². The van der Waals surface area contributed by atoms with Crippen LogP contribution in [0, 0.1) is 10.1 Å². The van der Waals surface area contributed by atoms with Gasteiger partial charge in [0.25, 0.3) is 5.69 Å². The molecule has 7 nitrogen and oxygen atoms in total. The van der Waals surface area contributed by atoms with Crippen LogP contribution in [0.2, 0.25) is 0 Å². The quantitative estimate of drug-likeness (QED) is 0.554. The molecule has 126 valence electrons. The Hall–Kier alpha value is -3.06. The number of benzene rings is 2. The molecule has 3 aromatic rings. The first-order valence-corrected chi connectivity index (χ1v) is 8.13. The largest absolute Gasteiger partial charge is 0.454 e. The third-order valence-corrected chi connectivity index (χ3v) is 4.89. The maximum absolute atomic E-state index is 11.6. The zero-order valence-corrected chi connectivity index (χ0v) is 13.2. The summed E-state index contributed by atoms with van der Waals surface area (Å²) in [6, 6.07) is 11.0. The fourth-order valence-electron chi connectivity index (χ4n) is 3.78. The molecule has 0 amide bonds. The second-order valence-corrected chi connectivity index (χ2v) is 6.22. The molecular formula is C18H15N3O4. The number of fused-ring (bicyclic) bond motifs is 4. The summed E-state index contributed by atoms with van der Waals surface area (Å²) in [6.07, 6.45) is 0.883. The Morgan fingerprint density at radius 3 is 2.80 bits per heavy atom. The molecule has 2 N–H and O–H groups in total. The predicted molar refractivity (Wildman–Crippen MR) is 91.1 cm³/mol. The number of aromatic amines is 1. The van der Waals surface area contributed by atoms with E-state index < -0.39 is 0 Å².